The van der Waals surface area contributed by atoms with Gasteiger partial charge >= 0.3 is 0 Å². The summed E-state index contributed by atoms with van der Waals surface area (Å²) < 4.78 is 11.4. The lowest BCUT2D eigenvalue weighted by Crippen LogP contribution is -2.11. The molecule has 0 saturated carbocycles. The molecule has 1 rings (SSSR count). The quantitative estimate of drug-likeness (QED) is 0.751. The second-order valence-electron chi connectivity index (χ2n) is 4.44. The SMILES string of the molecule is CCCOc1cc(CCNC)c(OCCC)cc1Cl. The van der Waals surface area contributed by atoms with Gasteiger partial charge in [-0.3, -0.25) is 0 Å². The van der Waals surface area contributed by atoms with Crippen LogP contribution in [-0.2, 0) is 6.42 Å². The van der Waals surface area contributed by atoms with Gasteiger partial charge in [0.15, 0.2) is 0 Å². The third-order valence-electron chi connectivity index (χ3n) is 2.68. The average Bonchev–Trinajstić information content (AvgIpc) is 2.42. The molecule has 0 unspecified atom stereocenters. The fourth-order valence-electron chi connectivity index (χ4n) is 1.70. The third kappa shape index (κ3) is 5.29. The minimum atomic E-state index is 0.618. The van der Waals surface area contributed by atoms with Gasteiger partial charge in [0.1, 0.15) is 11.5 Å². The van der Waals surface area contributed by atoms with Gasteiger partial charge < -0.3 is 14.8 Å². The van der Waals surface area contributed by atoms with Gasteiger partial charge in [-0.25, -0.2) is 0 Å². The zero-order valence-corrected chi connectivity index (χ0v) is 12.8. The summed E-state index contributed by atoms with van der Waals surface area (Å²) in [6.07, 6.45) is 2.85. The second kappa shape index (κ2) is 9.05. The first-order valence-corrected chi connectivity index (χ1v) is 7.33. The van der Waals surface area contributed by atoms with Gasteiger partial charge in [0, 0.05) is 6.07 Å². The van der Waals surface area contributed by atoms with E-state index in [1.165, 1.54) is 0 Å². The molecular formula is C15H24ClNO2. The Bertz CT molecular complexity index is 383. The molecule has 0 spiro atoms. The molecule has 1 N–H and O–H groups in total. The maximum atomic E-state index is 6.23. The van der Waals surface area contributed by atoms with Gasteiger partial charge in [0.25, 0.3) is 0 Å². The second-order valence-corrected chi connectivity index (χ2v) is 4.85. The lowest BCUT2D eigenvalue weighted by atomic mass is 10.1. The first-order chi connectivity index (χ1) is 9.22. The van der Waals surface area contributed by atoms with Crippen LogP contribution in [0.3, 0.4) is 0 Å². The molecule has 0 aliphatic rings. The van der Waals surface area contributed by atoms with Crippen molar-refractivity contribution in [3.63, 3.8) is 0 Å². The number of benzene rings is 1. The van der Waals surface area contributed by atoms with Gasteiger partial charge in [-0.2, -0.15) is 0 Å². The van der Waals surface area contributed by atoms with Gasteiger partial charge in [0.2, 0.25) is 0 Å². The molecule has 4 heteroatoms. The van der Waals surface area contributed by atoms with E-state index in [1.54, 1.807) is 0 Å². The van der Waals surface area contributed by atoms with E-state index < -0.39 is 0 Å². The van der Waals surface area contributed by atoms with Crippen LogP contribution in [0.15, 0.2) is 12.1 Å². The predicted molar refractivity (Wildman–Crippen MR) is 80.7 cm³/mol. The van der Waals surface area contributed by atoms with Gasteiger partial charge in [-0.05, 0) is 44.5 Å². The normalized spacial score (nSPS) is 10.5. The lowest BCUT2D eigenvalue weighted by molar-refractivity contribution is 0.306. The highest BCUT2D eigenvalue weighted by Crippen LogP contribution is 2.33. The summed E-state index contributed by atoms with van der Waals surface area (Å²) in [6, 6.07) is 3.87. The van der Waals surface area contributed by atoms with Crippen LogP contribution in [0.25, 0.3) is 0 Å². The topological polar surface area (TPSA) is 30.5 Å². The van der Waals surface area contributed by atoms with Crippen molar-refractivity contribution in [2.75, 3.05) is 26.8 Å². The molecule has 0 saturated heterocycles. The van der Waals surface area contributed by atoms with Crippen LogP contribution in [-0.4, -0.2) is 26.8 Å². The number of halogens is 1. The molecule has 108 valence electrons. The number of likely N-dealkylation sites (N-methyl/N-ethyl adjacent to an activating group) is 1. The lowest BCUT2D eigenvalue weighted by Gasteiger charge is -2.15. The minimum Gasteiger partial charge on any atom is -0.493 e. The van der Waals surface area contributed by atoms with E-state index in [1.807, 2.05) is 19.2 Å². The van der Waals surface area contributed by atoms with Gasteiger partial charge in [-0.15, -0.1) is 0 Å². The summed E-state index contributed by atoms with van der Waals surface area (Å²) in [4.78, 5) is 0. The van der Waals surface area contributed by atoms with Crippen molar-refractivity contribution in [1.29, 1.82) is 0 Å². The number of nitrogens with one attached hydrogen (secondary N) is 1. The predicted octanol–water partition coefficient (Wildman–Crippen LogP) is 3.68. The van der Waals surface area contributed by atoms with E-state index in [0.29, 0.717) is 18.2 Å². The Hall–Kier alpha value is -0.930. The molecule has 0 amide bonds. The van der Waals surface area contributed by atoms with Gasteiger partial charge in [0.05, 0.1) is 18.2 Å². The van der Waals surface area contributed by atoms with Crippen LogP contribution in [0.5, 0.6) is 11.5 Å². The Morgan fingerprint density at radius 2 is 1.68 bits per heavy atom. The van der Waals surface area contributed by atoms with Gasteiger partial charge in [-0.1, -0.05) is 25.4 Å². The van der Waals surface area contributed by atoms with Crippen LogP contribution < -0.4 is 14.8 Å². The summed E-state index contributed by atoms with van der Waals surface area (Å²) in [5.41, 5.74) is 1.14. The highest BCUT2D eigenvalue weighted by atomic mass is 35.5. The number of rotatable bonds is 9. The van der Waals surface area contributed by atoms with Crippen molar-refractivity contribution in [1.82, 2.24) is 5.32 Å². The molecule has 1 aromatic rings. The zero-order chi connectivity index (χ0) is 14.1. The molecule has 0 aliphatic carbocycles. The minimum absolute atomic E-state index is 0.618. The number of hydrogen-bond acceptors (Lipinski definition) is 3. The fraction of sp³-hybridized carbons (Fsp3) is 0.600. The highest BCUT2D eigenvalue weighted by molar-refractivity contribution is 6.32. The van der Waals surface area contributed by atoms with Crippen LogP contribution in [0.1, 0.15) is 32.3 Å². The standard InChI is InChI=1S/C15H24ClNO2/c1-4-8-18-14-11-13(16)15(19-9-5-2)10-12(14)6-7-17-3/h10-11,17H,4-9H2,1-3H3. The van der Waals surface area contributed by atoms with Crippen LogP contribution in [0.2, 0.25) is 5.02 Å². The molecule has 19 heavy (non-hydrogen) atoms. The summed E-state index contributed by atoms with van der Waals surface area (Å²) >= 11 is 6.23. The molecule has 0 aromatic heterocycles. The Morgan fingerprint density at radius 3 is 2.26 bits per heavy atom. The van der Waals surface area contributed by atoms with E-state index >= 15 is 0 Å². The molecule has 1 aromatic carbocycles. The third-order valence-corrected chi connectivity index (χ3v) is 2.98. The monoisotopic (exact) mass is 285 g/mol. The van der Waals surface area contributed by atoms with Crippen molar-refractivity contribution in [2.24, 2.45) is 0 Å². The van der Waals surface area contributed by atoms with Crippen molar-refractivity contribution >= 4 is 11.6 Å². The maximum absolute atomic E-state index is 6.23. The smallest absolute Gasteiger partial charge is 0.138 e. The summed E-state index contributed by atoms with van der Waals surface area (Å²) in [7, 11) is 1.94. The summed E-state index contributed by atoms with van der Waals surface area (Å²) in [6.45, 7) is 6.46. The van der Waals surface area contributed by atoms with E-state index in [4.69, 9.17) is 21.1 Å². The van der Waals surface area contributed by atoms with Crippen LogP contribution >= 0.6 is 11.6 Å². The molecule has 0 bridgehead atoms. The zero-order valence-electron chi connectivity index (χ0n) is 12.1. The van der Waals surface area contributed by atoms with Crippen molar-refractivity contribution in [3.8, 4) is 11.5 Å². The van der Waals surface area contributed by atoms with E-state index in [-0.39, 0.29) is 0 Å². The van der Waals surface area contributed by atoms with E-state index in [9.17, 15) is 0 Å². The molecule has 0 fully saturated rings. The first-order valence-electron chi connectivity index (χ1n) is 6.95. The van der Waals surface area contributed by atoms with Crippen molar-refractivity contribution < 1.29 is 9.47 Å². The Balaban J connectivity index is 2.91. The Labute approximate surface area is 121 Å². The average molecular weight is 286 g/mol. The van der Waals surface area contributed by atoms with Crippen LogP contribution in [0, 0.1) is 0 Å². The summed E-state index contributed by atoms with van der Waals surface area (Å²) in [5, 5.41) is 3.77. The molecule has 0 aliphatic heterocycles. The van der Waals surface area contributed by atoms with Crippen molar-refractivity contribution in [2.45, 2.75) is 33.1 Å². The largest absolute Gasteiger partial charge is 0.493 e. The van der Waals surface area contributed by atoms with E-state index in [2.05, 4.69) is 19.2 Å². The molecule has 0 heterocycles. The first kappa shape index (κ1) is 16.1. The Morgan fingerprint density at radius 1 is 1.05 bits per heavy atom. The van der Waals surface area contributed by atoms with Crippen molar-refractivity contribution in [3.05, 3.63) is 22.7 Å². The van der Waals surface area contributed by atoms with E-state index in [0.717, 1.165) is 42.9 Å². The molecule has 0 radical (unpaired) electrons. The number of hydrogen-bond donors (Lipinski definition) is 1. The van der Waals surface area contributed by atoms with Crippen LogP contribution in [0.4, 0.5) is 0 Å². The maximum Gasteiger partial charge on any atom is 0.138 e. The Kier molecular flexibility index (Phi) is 7.68. The fourth-order valence-corrected chi connectivity index (χ4v) is 1.91. The number of ether oxygens (including phenoxy) is 2. The molecule has 3 nitrogen and oxygen atoms in total. The molecule has 0 atom stereocenters. The highest BCUT2D eigenvalue weighted by Gasteiger charge is 2.10. The summed E-state index contributed by atoms with van der Waals surface area (Å²) in [5.74, 6) is 1.62. The molecular weight excluding hydrogens is 262 g/mol.